The van der Waals surface area contributed by atoms with E-state index >= 15 is 0 Å². The minimum Gasteiger partial charge on any atom is -0.369 e. The Hall–Kier alpha value is -2.74. The van der Waals surface area contributed by atoms with Crippen LogP contribution in [0.15, 0.2) is 0 Å². The van der Waals surface area contributed by atoms with E-state index in [-0.39, 0.29) is 52.7 Å². The third-order valence-corrected chi connectivity index (χ3v) is 0. The maximum absolute atomic E-state index is 8.25. The average molecular weight is 496 g/mol. The molecule has 0 unspecified atom stereocenters. The molecule has 139 valence electrons. The van der Waals surface area contributed by atoms with Crippen LogP contribution in [0, 0.1) is 117 Å². The Kier molecular flexibility index (Phi) is 92.9. The van der Waals surface area contributed by atoms with Gasteiger partial charge in [0, 0.05) is 0 Å². The molecule has 8 N–H and O–H groups in total. The van der Waals surface area contributed by atoms with E-state index < -0.39 is 25.4 Å². The second-order valence-corrected chi connectivity index (χ2v) is 1.12. The van der Waals surface area contributed by atoms with Crippen molar-refractivity contribution in [2.45, 2.75) is 0 Å². The number of hydrogen-bond donors (Lipinski definition) is 2. The van der Waals surface area contributed by atoms with Crippen molar-refractivity contribution in [1.29, 1.82) is 0 Å². The maximum Gasteiger partial charge on any atom is 3.00 e. The van der Waals surface area contributed by atoms with Gasteiger partial charge in [0.1, 0.15) is 0 Å². The van der Waals surface area contributed by atoms with Crippen LogP contribution in [0.25, 0.3) is 0 Å². The van der Waals surface area contributed by atoms with Gasteiger partial charge in [-0.25, -0.2) is 0 Å². The molecule has 0 spiro atoms. The number of nitrogens with zero attached hydrogens (tertiary/aromatic N) is 5. The van der Waals surface area contributed by atoms with E-state index in [1.54, 1.807) is 0 Å². The van der Waals surface area contributed by atoms with Gasteiger partial charge >= 0.3 is 40.4 Å². The molecule has 0 aromatic rings. The monoisotopic (exact) mass is 498 g/mol. The van der Waals surface area contributed by atoms with Crippen molar-refractivity contribution in [3.8, 4) is 0 Å². The first-order valence-corrected chi connectivity index (χ1v) is 2.74. The molecule has 0 fully saturated rings. The molecule has 0 aliphatic rings. The predicted octanol–water partition coefficient (Wildman–Crippen LogP) is -0.443. The van der Waals surface area contributed by atoms with Gasteiger partial charge < -0.3 is 88.9 Å². The number of hydrogen-bond acceptors (Lipinski definition) is 15. The summed E-state index contributed by atoms with van der Waals surface area (Å²) >= 11 is 0. The standard InChI is InChI=1S/5NO3.2H3N.Sm/c5*2-1(3)4;;;/h;;;;;2*1H3;/q5*-1;;;+3/p+2. The molecule has 0 amide bonds. The molecule has 0 aliphatic heterocycles. The van der Waals surface area contributed by atoms with Gasteiger partial charge in [0.25, 0.3) is 0 Å². The zero-order valence-electron chi connectivity index (χ0n) is 10.8. The molecule has 23 heteroatoms. The molecule has 0 heterocycles. The molecule has 0 bridgehead atoms. The van der Waals surface area contributed by atoms with Crippen LogP contribution in [-0.4, -0.2) is 25.4 Å². The molecule has 0 saturated carbocycles. The van der Waals surface area contributed by atoms with E-state index in [0.717, 1.165) is 0 Å². The Morgan fingerprint density at radius 2 is 0.348 bits per heavy atom. The van der Waals surface area contributed by atoms with Crippen LogP contribution < -0.4 is 12.3 Å². The van der Waals surface area contributed by atoms with Gasteiger partial charge in [-0.15, -0.1) is 0 Å². The summed E-state index contributed by atoms with van der Waals surface area (Å²) in [4.78, 5) is 41.2. The van der Waals surface area contributed by atoms with E-state index in [2.05, 4.69) is 0 Å². The fourth-order valence-corrected chi connectivity index (χ4v) is 0. The van der Waals surface area contributed by atoms with E-state index in [4.69, 9.17) is 76.6 Å². The molecular formula is H8N7O15Sm. The Morgan fingerprint density at radius 1 is 0.348 bits per heavy atom. The Balaban J connectivity index is -0.0000000197. The van der Waals surface area contributed by atoms with Gasteiger partial charge in [-0.3, -0.25) is 0 Å². The van der Waals surface area contributed by atoms with Gasteiger partial charge in [0.2, 0.25) is 0 Å². The number of rotatable bonds is 0. The SMILES string of the molecule is O=[N+]([O-])[O-].O=[N+]([O-])[O-].O=[N+]([O-])[O-].O=[N+]([O-])[O-].O=[N+]([O-])[O-].[NH4+].[NH4+].[Sm+3]. The van der Waals surface area contributed by atoms with E-state index in [1.165, 1.54) is 0 Å². The van der Waals surface area contributed by atoms with Crippen molar-refractivity contribution in [2.24, 2.45) is 0 Å². The summed E-state index contributed by atoms with van der Waals surface area (Å²) in [5, 5.41) is 73.8. The molecule has 1 radical (unpaired) electrons. The molecule has 0 aromatic carbocycles. The summed E-state index contributed by atoms with van der Waals surface area (Å²) in [6, 6.07) is 0. The fraction of sp³-hybridized carbons (Fsp3) is 0. The average Bonchev–Trinajstić information content (AvgIpc) is 1.94. The molecule has 0 rings (SSSR count). The minimum absolute atomic E-state index is 0. The fourth-order valence-electron chi connectivity index (χ4n) is 0. The van der Waals surface area contributed by atoms with Crippen LogP contribution in [0.3, 0.4) is 0 Å². The zero-order valence-corrected chi connectivity index (χ0v) is 13.4. The largest absolute Gasteiger partial charge is 3.00 e. The van der Waals surface area contributed by atoms with Crippen molar-refractivity contribution in [3.05, 3.63) is 76.6 Å². The van der Waals surface area contributed by atoms with Crippen molar-refractivity contribution in [2.75, 3.05) is 0 Å². The van der Waals surface area contributed by atoms with Gasteiger partial charge in [0.05, 0.1) is 25.4 Å². The first-order chi connectivity index (χ1) is 8.66. The van der Waals surface area contributed by atoms with Gasteiger partial charge in [-0.1, -0.05) is 0 Å². The molecule has 0 atom stereocenters. The zero-order chi connectivity index (χ0) is 17.9. The van der Waals surface area contributed by atoms with Crippen LogP contribution in [-0.2, 0) is 0 Å². The quantitative estimate of drug-likeness (QED) is 0.316. The van der Waals surface area contributed by atoms with E-state index in [1.807, 2.05) is 0 Å². The molecule has 0 saturated heterocycles. The van der Waals surface area contributed by atoms with Gasteiger partial charge in [0.15, 0.2) is 0 Å². The van der Waals surface area contributed by atoms with Crippen molar-refractivity contribution in [3.63, 3.8) is 0 Å². The first-order valence-electron chi connectivity index (χ1n) is 2.74. The Labute approximate surface area is 154 Å². The maximum atomic E-state index is 8.25. The Bertz CT molecular complexity index is 211. The van der Waals surface area contributed by atoms with Crippen LogP contribution in [0.2, 0.25) is 0 Å². The van der Waals surface area contributed by atoms with Crippen molar-refractivity contribution < 1.29 is 65.8 Å². The normalized spacial score (nSPS) is 5.22. The topological polar surface area (TPSA) is 404 Å². The first kappa shape index (κ1) is 50.0. The summed E-state index contributed by atoms with van der Waals surface area (Å²) in [5.74, 6) is 0. The Morgan fingerprint density at radius 3 is 0.348 bits per heavy atom. The van der Waals surface area contributed by atoms with Crippen molar-refractivity contribution in [1.82, 2.24) is 12.3 Å². The van der Waals surface area contributed by atoms with Crippen LogP contribution in [0.5, 0.6) is 0 Å². The summed E-state index contributed by atoms with van der Waals surface area (Å²) in [7, 11) is 0. The summed E-state index contributed by atoms with van der Waals surface area (Å²) < 4.78 is 0. The molecular weight excluding hydrogens is 488 g/mol. The summed E-state index contributed by atoms with van der Waals surface area (Å²) in [6.45, 7) is 0. The van der Waals surface area contributed by atoms with Gasteiger partial charge in [-0.05, 0) is 0 Å². The summed E-state index contributed by atoms with van der Waals surface area (Å²) in [6.07, 6.45) is 0. The molecule has 0 aromatic heterocycles. The van der Waals surface area contributed by atoms with Gasteiger partial charge in [-0.2, -0.15) is 0 Å². The molecule has 23 heavy (non-hydrogen) atoms. The second-order valence-electron chi connectivity index (χ2n) is 1.12. The van der Waals surface area contributed by atoms with Crippen LogP contribution in [0.4, 0.5) is 0 Å². The number of quaternary nitrogens is 2. The smallest absolute Gasteiger partial charge is 0.369 e. The summed E-state index contributed by atoms with van der Waals surface area (Å²) in [5.41, 5.74) is 0. The predicted molar refractivity (Wildman–Crippen MR) is 63.8 cm³/mol. The molecule has 0 aliphatic carbocycles. The van der Waals surface area contributed by atoms with E-state index in [9.17, 15) is 0 Å². The van der Waals surface area contributed by atoms with E-state index in [0.29, 0.717) is 0 Å². The van der Waals surface area contributed by atoms with Crippen molar-refractivity contribution >= 4 is 0 Å². The molecule has 22 nitrogen and oxygen atoms in total. The third-order valence-electron chi connectivity index (χ3n) is 0. The van der Waals surface area contributed by atoms with Crippen LogP contribution in [0.1, 0.15) is 0 Å². The third kappa shape index (κ3) is 763. The second kappa shape index (κ2) is 42.7. The minimum atomic E-state index is -1.75. The van der Waals surface area contributed by atoms with Crippen LogP contribution >= 0.6 is 0 Å².